The second kappa shape index (κ2) is 6.26. The normalized spacial score (nSPS) is 19.7. The molecule has 0 aromatic heterocycles. The SMILES string of the molecule is CCOC(=O)c1ccc(NC(=O)C2CC2C(=O)O)c(Br)c1. The Morgan fingerprint density at radius 2 is 2.10 bits per heavy atom. The molecule has 2 unspecified atom stereocenters. The van der Waals surface area contributed by atoms with Crippen molar-refractivity contribution in [3.63, 3.8) is 0 Å². The number of hydrogen-bond donors (Lipinski definition) is 2. The second-order valence-electron chi connectivity index (χ2n) is 4.69. The number of carboxylic acid groups (broad SMARTS) is 1. The van der Waals surface area contributed by atoms with Crippen molar-refractivity contribution in [1.29, 1.82) is 0 Å². The molecule has 1 aromatic rings. The van der Waals surface area contributed by atoms with Crippen molar-refractivity contribution in [2.45, 2.75) is 13.3 Å². The standard InChI is InChI=1S/C14H14BrNO5/c1-2-21-14(20)7-3-4-11(10(15)5-7)16-12(17)8-6-9(8)13(18)19/h3-5,8-9H,2,6H2,1H3,(H,16,17)(H,18,19). The fourth-order valence-corrected chi connectivity index (χ4v) is 2.42. The number of nitrogens with one attached hydrogen (secondary N) is 1. The summed E-state index contributed by atoms with van der Waals surface area (Å²) in [6.07, 6.45) is 0.361. The number of carbonyl (C=O) groups excluding carboxylic acids is 2. The lowest BCUT2D eigenvalue weighted by Gasteiger charge is -2.09. The molecule has 0 spiro atoms. The monoisotopic (exact) mass is 355 g/mol. The number of aliphatic carboxylic acids is 1. The zero-order chi connectivity index (χ0) is 15.6. The van der Waals surface area contributed by atoms with Gasteiger partial charge in [-0.2, -0.15) is 0 Å². The maximum atomic E-state index is 11.9. The van der Waals surface area contributed by atoms with E-state index < -0.39 is 23.8 Å². The summed E-state index contributed by atoms with van der Waals surface area (Å²) in [5, 5.41) is 11.5. The van der Waals surface area contributed by atoms with Crippen LogP contribution >= 0.6 is 15.9 Å². The number of halogens is 1. The molecule has 1 amide bonds. The van der Waals surface area contributed by atoms with Crippen LogP contribution in [0.25, 0.3) is 0 Å². The van der Waals surface area contributed by atoms with Crippen molar-refractivity contribution in [3.05, 3.63) is 28.2 Å². The number of amides is 1. The third kappa shape index (κ3) is 3.60. The van der Waals surface area contributed by atoms with Gasteiger partial charge in [0.25, 0.3) is 0 Å². The maximum absolute atomic E-state index is 11.9. The van der Waals surface area contributed by atoms with Crippen LogP contribution in [-0.4, -0.2) is 29.6 Å². The van der Waals surface area contributed by atoms with Crippen LogP contribution in [0.4, 0.5) is 5.69 Å². The molecule has 1 fully saturated rings. The number of anilines is 1. The van der Waals surface area contributed by atoms with Crippen molar-refractivity contribution >= 4 is 39.5 Å². The van der Waals surface area contributed by atoms with E-state index in [1.807, 2.05) is 0 Å². The molecule has 0 heterocycles. The van der Waals surface area contributed by atoms with Crippen LogP contribution in [0, 0.1) is 11.8 Å². The highest BCUT2D eigenvalue weighted by atomic mass is 79.9. The summed E-state index contributed by atoms with van der Waals surface area (Å²) < 4.78 is 5.42. The first-order valence-corrected chi connectivity index (χ1v) is 7.23. The second-order valence-corrected chi connectivity index (χ2v) is 5.55. The van der Waals surface area contributed by atoms with E-state index in [-0.39, 0.29) is 12.5 Å². The molecule has 0 radical (unpaired) electrons. The van der Waals surface area contributed by atoms with E-state index in [9.17, 15) is 14.4 Å². The van der Waals surface area contributed by atoms with E-state index in [1.54, 1.807) is 25.1 Å². The fraction of sp³-hybridized carbons (Fsp3) is 0.357. The van der Waals surface area contributed by atoms with Gasteiger partial charge >= 0.3 is 11.9 Å². The predicted molar refractivity (Wildman–Crippen MR) is 78.0 cm³/mol. The molecular formula is C14H14BrNO5. The average molecular weight is 356 g/mol. The number of ether oxygens (including phenoxy) is 1. The minimum atomic E-state index is -0.952. The van der Waals surface area contributed by atoms with Gasteiger partial charge in [-0.3, -0.25) is 9.59 Å². The lowest BCUT2D eigenvalue weighted by Crippen LogP contribution is -2.17. The van der Waals surface area contributed by atoms with Gasteiger partial charge in [-0.25, -0.2) is 4.79 Å². The van der Waals surface area contributed by atoms with Crippen LogP contribution < -0.4 is 5.32 Å². The van der Waals surface area contributed by atoms with Gasteiger partial charge in [-0.1, -0.05) is 0 Å². The highest BCUT2D eigenvalue weighted by molar-refractivity contribution is 9.10. The van der Waals surface area contributed by atoms with Crippen molar-refractivity contribution in [1.82, 2.24) is 0 Å². The first-order valence-electron chi connectivity index (χ1n) is 6.44. The molecule has 2 N–H and O–H groups in total. The quantitative estimate of drug-likeness (QED) is 0.790. The van der Waals surface area contributed by atoms with Crippen LogP contribution in [0.1, 0.15) is 23.7 Å². The van der Waals surface area contributed by atoms with Crippen molar-refractivity contribution in [3.8, 4) is 0 Å². The van der Waals surface area contributed by atoms with E-state index >= 15 is 0 Å². The Labute approximate surface area is 129 Å². The van der Waals surface area contributed by atoms with E-state index in [0.29, 0.717) is 22.1 Å². The van der Waals surface area contributed by atoms with Crippen LogP contribution in [-0.2, 0) is 14.3 Å². The maximum Gasteiger partial charge on any atom is 0.338 e. The van der Waals surface area contributed by atoms with E-state index in [2.05, 4.69) is 21.2 Å². The number of carboxylic acids is 1. The van der Waals surface area contributed by atoms with Gasteiger partial charge in [-0.05, 0) is 47.5 Å². The van der Waals surface area contributed by atoms with E-state index in [4.69, 9.17) is 9.84 Å². The average Bonchev–Trinajstić information content (AvgIpc) is 3.21. The Hall–Kier alpha value is -1.89. The molecule has 1 aromatic carbocycles. The zero-order valence-electron chi connectivity index (χ0n) is 11.3. The van der Waals surface area contributed by atoms with E-state index in [0.717, 1.165) is 0 Å². The number of hydrogen-bond acceptors (Lipinski definition) is 4. The number of esters is 1. The summed E-state index contributed by atoms with van der Waals surface area (Å²) in [6, 6.07) is 4.67. The summed E-state index contributed by atoms with van der Waals surface area (Å²) in [6.45, 7) is 2.00. The van der Waals surface area contributed by atoms with Crippen molar-refractivity contribution < 1.29 is 24.2 Å². The first-order chi connectivity index (χ1) is 9.93. The Kier molecular flexibility index (Phi) is 4.62. The van der Waals surface area contributed by atoms with Crippen LogP contribution in [0.2, 0.25) is 0 Å². The zero-order valence-corrected chi connectivity index (χ0v) is 12.8. The smallest absolute Gasteiger partial charge is 0.338 e. The topological polar surface area (TPSA) is 92.7 Å². The highest BCUT2D eigenvalue weighted by Crippen LogP contribution is 2.39. The Morgan fingerprint density at radius 1 is 1.38 bits per heavy atom. The molecule has 2 atom stereocenters. The van der Waals surface area contributed by atoms with Gasteiger partial charge in [-0.15, -0.1) is 0 Å². The minimum absolute atomic E-state index is 0.285. The summed E-state index contributed by atoms with van der Waals surface area (Å²) in [5.41, 5.74) is 0.862. The Bertz CT molecular complexity index is 601. The molecule has 21 heavy (non-hydrogen) atoms. The molecule has 1 saturated carbocycles. The van der Waals surface area contributed by atoms with Crippen molar-refractivity contribution in [2.75, 3.05) is 11.9 Å². The van der Waals surface area contributed by atoms with Gasteiger partial charge in [0.2, 0.25) is 5.91 Å². The van der Waals surface area contributed by atoms with Crippen LogP contribution in [0.15, 0.2) is 22.7 Å². The molecule has 1 aliphatic carbocycles. The number of benzene rings is 1. The molecule has 0 bridgehead atoms. The molecule has 0 saturated heterocycles. The molecule has 6 nitrogen and oxygen atoms in total. The molecule has 7 heteroatoms. The molecule has 112 valence electrons. The van der Waals surface area contributed by atoms with Gasteiger partial charge in [0.1, 0.15) is 0 Å². The summed E-state index contributed by atoms with van der Waals surface area (Å²) in [4.78, 5) is 34.2. The molecular weight excluding hydrogens is 342 g/mol. The number of rotatable bonds is 5. The van der Waals surface area contributed by atoms with Gasteiger partial charge in [0, 0.05) is 4.47 Å². The lowest BCUT2D eigenvalue weighted by atomic mass is 10.2. The van der Waals surface area contributed by atoms with Crippen LogP contribution in [0.3, 0.4) is 0 Å². The summed E-state index contributed by atoms with van der Waals surface area (Å²) in [5.74, 6) is -2.80. The number of carbonyl (C=O) groups is 3. The van der Waals surface area contributed by atoms with Gasteiger partial charge < -0.3 is 15.2 Å². The third-order valence-electron chi connectivity index (χ3n) is 3.18. The predicted octanol–water partition coefficient (Wildman–Crippen LogP) is 2.29. The molecule has 2 rings (SSSR count). The summed E-state index contributed by atoms with van der Waals surface area (Å²) >= 11 is 3.27. The van der Waals surface area contributed by atoms with E-state index in [1.165, 1.54) is 0 Å². The minimum Gasteiger partial charge on any atom is -0.481 e. The van der Waals surface area contributed by atoms with Crippen LogP contribution in [0.5, 0.6) is 0 Å². The highest BCUT2D eigenvalue weighted by Gasteiger charge is 2.48. The molecule has 1 aliphatic rings. The third-order valence-corrected chi connectivity index (χ3v) is 3.84. The fourth-order valence-electron chi connectivity index (χ4n) is 1.94. The summed E-state index contributed by atoms with van der Waals surface area (Å²) in [7, 11) is 0. The van der Waals surface area contributed by atoms with Gasteiger partial charge in [0.15, 0.2) is 0 Å². The largest absolute Gasteiger partial charge is 0.481 e. The Balaban J connectivity index is 2.03. The molecule has 0 aliphatic heterocycles. The lowest BCUT2D eigenvalue weighted by molar-refractivity contribution is -0.139. The first kappa shape index (κ1) is 15.5. The Morgan fingerprint density at radius 3 is 2.62 bits per heavy atom. The van der Waals surface area contributed by atoms with Crippen molar-refractivity contribution in [2.24, 2.45) is 11.8 Å². The van der Waals surface area contributed by atoms with Gasteiger partial charge in [0.05, 0.1) is 29.7 Å².